The molecule has 8 heteroatoms. The number of nitrogens with one attached hydrogen (secondary N) is 1. The molecular weight excluding hydrogens is 367 g/mol. The van der Waals surface area contributed by atoms with E-state index in [1.54, 1.807) is 37.3 Å². The second kappa shape index (κ2) is 7.58. The Morgan fingerprint density at radius 1 is 1.24 bits per heavy atom. The number of hydrogen-bond donors (Lipinski definition) is 1. The zero-order chi connectivity index (χ0) is 17.9. The van der Waals surface area contributed by atoms with E-state index in [4.69, 9.17) is 37.1 Å². The average Bonchev–Trinajstić information content (AvgIpc) is 3.19. The highest BCUT2D eigenvalue weighted by Gasteiger charge is 2.33. The van der Waals surface area contributed by atoms with E-state index in [9.17, 15) is 4.79 Å². The molecule has 0 radical (unpaired) electrons. The monoisotopic (exact) mass is 382 g/mol. The van der Waals surface area contributed by atoms with Gasteiger partial charge in [-0.05, 0) is 37.3 Å². The standard InChI is InChI=1S/C17H16Cl2N2O4/c1-17(23-6-7-24-17)9-16(22)21-20-10-12-3-5-15(25-12)11-2-4-13(18)14(19)8-11/h2-5,8,10H,6-7,9H2,1H3,(H,21,22). The number of amides is 1. The molecular formula is C17H16Cl2N2O4. The number of halogens is 2. The van der Waals surface area contributed by atoms with Crippen LogP contribution in [0.1, 0.15) is 19.1 Å². The van der Waals surface area contributed by atoms with Gasteiger partial charge in [0.15, 0.2) is 5.79 Å². The van der Waals surface area contributed by atoms with Gasteiger partial charge in [-0.3, -0.25) is 4.79 Å². The van der Waals surface area contributed by atoms with Crippen LogP contribution < -0.4 is 5.43 Å². The summed E-state index contributed by atoms with van der Waals surface area (Å²) >= 11 is 11.9. The van der Waals surface area contributed by atoms with Gasteiger partial charge in [0.05, 0.1) is 35.9 Å². The van der Waals surface area contributed by atoms with Gasteiger partial charge >= 0.3 is 0 Å². The summed E-state index contributed by atoms with van der Waals surface area (Å²) in [4.78, 5) is 11.8. The third-order valence-corrected chi connectivity index (χ3v) is 4.33. The van der Waals surface area contributed by atoms with Crippen molar-refractivity contribution in [1.29, 1.82) is 0 Å². The summed E-state index contributed by atoms with van der Waals surface area (Å²) < 4.78 is 16.4. The van der Waals surface area contributed by atoms with Crippen molar-refractivity contribution in [3.05, 3.63) is 46.1 Å². The lowest BCUT2D eigenvalue weighted by atomic mass is 10.2. The number of rotatable bonds is 5. The van der Waals surface area contributed by atoms with Gasteiger partial charge in [0.2, 0.25) is 5.91 Å². The van der Waals surface area contributed by atoms with Gasteiger partial charge in [-0.15, -0.1) is 0 Å². The van der Waals surface area contributed by atoms with Gasteiger partial charge in [-0.25, -0.2) is 5.43 Å². The fourth-order valence-electron chi connectivity index (χ4n) is 2.38. The smallest absolute Gasteiger partial charge is 0.245 e. The Balaban J connectivity index is 1.58. The zero-order valence-corrected chi connectivity index (χ0v) is 14.9. The molecule has 0 atom stereocenters. The van der Waals surface area contributed by atoms with Crippen LogP contribution in [-0.2, 0) is 14.3 Å². The van der Waals surface area contributed by atoms with Crippen molar-refractivity contribution in [2.45, 2.75) is 19.1 Å². The van der Waals surface area contributed by atoms with Crippen molar-refractivity contribution >= 4 is 35.3 Å². The van der Waals surface area contributed by atoms with Crippen LogP contribution in [0.15, 0.2) is 39.9 Å². The summed E-state index contributed by atoms with van der Waals surface area (Å²) in [6.45, 7) is 2.69. The Labute approximate surface area is 154 Å². The van der Waals surface area contributed by atoms with Crippen LogP contribution in [-0.4, -0.2) is 31.1 Å². The molecule has 0 bridgehead atoms. The highest BCUT2D eigenvalue weighted by Crippen LogP contribution is 2.29. The fourth-order valence-corrected chi connectivity index (χ4v) is 2.68. The van der Waals surface area contributed by atoms with Gasteiger partial charge < -0.3 is 13.9 Å². The van der Waals surface area contributed by atoms with Crippen molar-refractivity contribution < 1.29 is 18.7 Å². The van der Waals surface area contributed by atoms with E-state index >= 15 is 0 Å². The molecule has 0 aliphatic carbocycles. The maximum atomic E-state index is 11.8. The van der Waals surface area contributed by atoms with Gasteiger partial charge in [0.25, 0.3) is 0 Å². The molecule has 1 saturated heterocycles. The van der Waals surface area contributed by atoms with E-state index in [0.717, 1.165) is 5.56 Å². The quantitative estimate of drug-likeness (QED) is 0.629. The van der Waals surface area contributed by atoms with E-state index in [2.05, 4.69) is 10.5 Å². The lowest BCUT2D eigenvalue weighted by Gasteiger charge is -2.20. The van der Waals surface area contributed by atoms with Crippen LogP contribution in [0.4, 0.5) is 0 Å². The molecule has 1 fully saturated rings. The molecule has 1 amide bonds. The molecule has 3 rings (SSSR count). The normalized spacial score (nSPS) is 16.4. The van der Waals surface area contributed by atoms with Crippen LogP contribution >= 0.6 is 23.2 Å². The first-order chi connectivity index (χ1) is 12.0. The van der Waals surface area contributed by atoms with E-state index in [-0.39, 0.29) is 12.3 Å². The first-order valence-corrected chi connectivity index (χ1v) is 8.36. The highest BCUT2D eigenvalue weighted by molar-refractivity contribution is 6.42. The van der Waals surface area contributed by atoms with Gasteiger partial charge in [0, 0.05) is 5.56 Å². The minimum Gasteiger partial charge on any atom is -0.455 e. The molecule has 2 aromatic rings. The van der Waals surface area contributed by atoms with E-state index < -0.39 is 5.79 Å². The number of benzene rings is 1. The molecule has 1 aromatic carbocycles. The topological polar surface area (TPSA) is 73.1 Å². The summed E-state index contributed by atoms with van der Waals surface area (Å²) in [6, 6.07) is 8.73. The first-order valence-electron chi connectivity index (χ1n) is 7.60. The molecule has 0 spiro atoms. The minimum atomic E-state index is -0.884. The third-order valence-electron chi connectivity index (χ3n) is 3.59. The van der Waals surface area contributed by atoms with E-state index in [1.165, 1.54) is 6.21 Å². The second-order valence-corrected chi connectivity index (χ2v) is 6.45. The Hall–Kier alpha value is -1.86. The van der Waals surface area contributed by atoms with Crippen LogP contribution in [0, 0.1) is 0 Å². The zero-order valence-electron chi connectivity index (χ0n) is 13.4. The third kappa shape index (κ3) is 4.61. The largest absolute Gasteiger partial charge is 0.455 e. The van der Waals surface area contributed by atoms with E-state index in [1.807, 2.05) is 0 Å². The molecule has 132 valence electrons. The van der Waals surface area contributed by atoms with Gasteiger partial charge in [-0.2, -0.15) is 5.10 Å². The first kappa shape index (κ1) is 17.9. The SMILES string of the molecule is CC1(CC(=O)NN=Cc2ccc(-c3ccc(Cl)c(Cl)c3)o2)OCCO1. The maximum absolute atomic E-state index is 11.8. The number of carbonyl (C=O) groups is 1. The van der Waals surface area contributed by atoms with Crippen molar-refractivity contribution in [3.63, 3.8) is 0 Å². The lowest BCUT2D eigenvalue weighted by Crippen LogP contribution is -2.33. The number of ether oxygens (including phenoxy) is 2. The molecule has 1 aromatic heterocycles. The van der Waals surface area contributed by atoms with Crippen molar-refractivity contribution in [2.24, 2.45) is 5.10 Å². The van der Waals surface area contributed by atoms with Crippen LogP contribution in [0.3, 0.4) is 0 Å². The minimum absolute atomic E-state index is 0.0665. The summed E-state index contributed by atoms with van der Waals surface area (Å²) in [5.74, 6) is -0.0878. The van der Waals surface area contributed by atoms with Crippen LogP contribution in [0.25, 0.3) is 11.3 Å². The molecule has 0 unspecified atom stereocenters. The summed E-state index contributed by atoms with van der Waals surface area (Å²) in [5, 5.41) is 4.80. The molecule has 1 aliphatic heterocycles. The van der Waals surface area contributed by atoms with Gasteiger partial charge in [0.1, 0.15) is 11.5 Å². The number of hydrogen-bond acceptors (Lipinski definition) is 5. The van der Waals surface area contributed by atoms with Gasteiger partial charge in [-0.1, -0.05) is 23.2 Å². The average molecular weight is 383 g/mol. The molecule has 2 heterocycles. The predicted octanol–water partition coefficient (Wildman–Crippen LogP) is 3.86. The number of carbonyl (C=O) groups excluding carboxylic acids is 1. The Morgan fingerprint density at radius 2 is 2.00 bits per heavy atom. The molecule has 25 heavy (non-hydrogen) atoms. The summed E-state index contributed by atoms with van der Waals surface area (Å²) in [7, 11) is 0. The van der Waals surface area contributed by atoms with Crippen LogP contribution in [0.5, 0.6) is 0 Å². The van der Waals surface area contributed by atoms with Crippen molar-refractivity contribution in [1.82, 2.24) is 5.43 Å². The number of hydrazone groups is 1. The predicted molar refractivity (Wildman–Crippen MR) is 94.8 cm³/mol. The molecule has 6 nitrogen and oxygen atoms in total. The Bertz CT molecular complexity index is 798. The van der Waals surface area contributed by atoms with Crippen LogP contribution in [0.2, 0.25) is 10.0 Å². The molecule has 0 saturated carbocycles. The van der Waals surface area contributed by atoms with Crippen molar-refractivity contribution in [3.8, 4) is 11.3 Å². The molecule has 1 N–H and O–H groups in total. The van der Waals surface area contributed by atoms with Crippen molar-refractivity contribution in [2.75, 3.05) is 13.2 Å². The maximum Gasteiger partial charge on any atom is 0.245 e. The number of furan rings is 1. The summed E-state index contributed by atoms with van der Waals surface area (Å²) in [5.41, 5.74) is 3.21. The lowest BCUT2D eigenvalue weighted by molar-refractivity contribution is -0.159. The summed E-state index contributed by atoms with van der Waals surface area (Å²) in [6.07, 6.45) is 1.48. The second-order valence-electron chi connectivity index (χ2n) is 5.63. The number of nitrogens with zero attached hydrogens (tertiary/aromatic N) is 1. The Kier molecular flexibility index (Phi) is 5.44. The fraction of sp³-hybridized carbons (Fsp3) is 0.294. The van der Waals surface area contributed by atoms with E-state index in [0.29, 0.717) is 34.8 Å². The highest BCUT2D eigenvalue weighted by atomic mass is 35.5. The molecule has 1 aliphatic rings. The Morgan fingerprint density at radius 3 is 2.72 bits per heavy atom.